The van der Waals surface area contributed by atoms with Crippen LogP contribution in [-0.2, 0) is 4.79 Å². The molecule has 4 heteroatoms. The maximum Gasteiger partial charge on any atom is 0.238 e. The maximum atomic E-state index is 12.7. The fourth-order valence-corrected chi connectivity index (χ4v) is 3.65. The number of carbonyl (C=O) groups excluding carboxylic acids is 1. The molecular formula is C25H24N2O2. The predicted molar refractivity (Wildman–Crippen MR) is 118 cm³/mol. The van der Waals surface area contributed by atoms with Crippen molar-refractivity contribution in [3.05, 3.63) is 90.5 Å². The van der Waals surface area contributed by atoms with Gasteiger partial charge in [0, 0.05) is 24.3 Å². The van der Waals surface area contributed by atoms with Gasteiger partial charge >= 0.3 is 0 Å². The summed E-state index contributed by atoms with van der Waals surface area (Å²) in [5.41, 5.74) is 5.33. The van der Waals surface area contributed by atoms with E-state index < -0.39 is 0 Å². The average molecular weight is 384 g/mol. The van der Waals surface area contributed by atoms with Gasteiger partial charge in [-0.25, -0.2) is 0 Å². The lowest BCUT2D eigenvalue weighted by Gasteiger charge is -2.26. The molecule has 0 fully saturated rings. The maximum absolute atomic E-state index is 12.7. The molecule has 0 radical (unpaired) electrons. The molecule has 1 amide bonds. The molecule has 0 aliphatic carbocycles. The van der Waals surface area contributed by atoms with E-state index in [-0.39, 0.29) is 11.7 Å². The molecule has 2 N–H and O–H groups in total. The van der Waals surface area contributed by atoms with Crippen molar-refractivity contribution in [1.82, 2.24) is 4.90 Å². The highest BCUT2D eigenvalue weighted by molar-refractivity contribution is 5.96. The molecule has 29 heavy (non-hydrogen) atoms. The van der Waals surface area contributed by atoms with Gasteiger partial charge in [0.2, 0.25) is 5.91 Å². The van der Waals surface area contributed by atoms with Crippen molar-refractivity contribution in [2.24, 2.45) is 0 Å². The van der Waals surface area contributed by atoms with E-state index in [2.05, 4.69) is 16.3 Å². The van der Waals surface area contributed by atoms with Gasteiger partial charge in [0.05, 0.1) is 6.54 Å². The van der Waals surface area contributed by atoms with Gasteiger partial charge in [-0.1, -0.05) is 66.7 Å². The molecule has 0 saturated heterocycles. The lowest BCUT2D eigenvalue weighted by molar-refractivity contribution is -0.117. The van der Waals surface area contributed by atoms with Crippen LogP contribution in [0, 0.1) is 0 Å². The summed E-state index contributed by atoms with van der Waals surface area (Å²) in [5, 5.41) is 12.5. The van der Waals surface area contributed by atoms with Crippen molar-refractivity contribution in [3.63, 3.8) is 0 Å². The van der Waals surface area contributed by atoms with E-state index >= 15 is 0 Å². The van der Waals surface area contributed by atoms with Crippen LogP contribution in [0.4, 0.5) is 5.69 Å². The van der Waals surface area contributed by atoms with Gasteiger partial charge in [-0.2, -0.15) is 0 Å². The number of anilines is 1. The Morgan fingerprint density at radius 1 is 0.897 bits per heavy atom. The molecule has 0 saturated carbocycles. The Balaban J connectivity index is 1.38. The molecular weight excluding hydrogens is 360 g/mol. The highest BCUT2D eigenvalue weighted by Crippen LogP contribution is 2.28. The van der Waals surface area contributed by atoms with Gasteiger partial charge in [-0.3, -0.25) is 9.69 Å². The number of aromatic hydroxyl groups is 1. The average Bonchev–Trinajstić information content (AvgIpc) is 2.76. The summed E-state index contributed by atoms with van der Waals surface area (Å²) in [6.45, 7) is 1.94. The number of benzene rings is 3. The lowest BCUT2D eigenvalue weighted by Crippen LogP contribution is -2.36. The molecule has 0 aromatic heterocycles. The summed E-state index contributed by atoms with van der Waals surface area (Å²) < 4.78 is 0. The number of phenols is 1. The van der Waals surface area contributed by atoms with Gasteiger partial charge in [0.1, 0.15) is 5.75 Å². The number of hydrogen-bond acceptors (Lipinski definition) is 3. The summed E-state index contributed by atoms with van der Waals surface area (Å²) >= 11 is 0. The van der Waals surface area contributed by atoms with Gasteiger partial charge in [0.25, 0.3) is 0 Å². The fourth-order valence-electron chi connectivity index (χ4n) is 3.65. The second-order valence-electron chi connectivity index (χ2n) is 7.22. The number of para-hydroxylation sites is 1. The second kappa shape index (κ2) is 8.76. The number of rotatable bonds is 5. The van der Waals surface area contributed by atoms with E-state index in [0.717, 1.165) is 41.9 Å². The van der Waals surface area contributed by atoms with Crippen LogP contribution in [0.1, 0.15) is 12.0 Å². The first-order valence-corrected chi connectivity index (χ1v) is 9.84. The highest BCUT2D eigenvalue weighted by Gasteiger charge is 2.16. The van der Waals surface area contributed by atoms with E-state index in [1.54, 1.807) is 12.1 Å². The quantitative estimate of drug-likeness (QED) is 0.665. The van der Waals surface area contributed by atoms with Crippen molar-refractivity contribution < 1.29 is 9.90 Å². The molecule has 1 aliphatic rings. The topological polar surface area (TPSA) is 52.6 Å². The third-order valence-corrected chi connectivity index (χ3v) is 5.18. The Labute approximate surface area is 171 Å². The number of phenolic OH excluding ortho intramolecular Hbond substituents is 1. The molecule has 1 aliphatic heterocycles. The number of carbonyl (C=O) groups is 1. The molecule has 0 spiro atoms. The molecule has 4 rings (SSSR count). The second-order valence-corrected chi connectivity index (χ2v) is 7.22. The van der Waals surface area contributed by atoms with E-state index in [0.29, 0.717) is 6.54 Å². The van der Waals surface area contributed by atoms with E-state index in [1.807, 2.05) is 66.7 Å². The Morgan fingerprint density at radius 3 is 2.34 bits per heavy atom. The summed E-state index contributed by atoms with van der Waals surface area (Å²) in [6, 6.07) is 25.3. The number of nitrogens with one attached hydrogen (secondary N) is 1. The third kappa shape index (κ3) is 4.73. The molecule has 0 bridgehead atoms. The summed E-state index contributed by atoms with van der Waals surface area (Å²) in [5.74, 6) is 0.272. The number of hydrogen-bond donors (Lipinski definition) is 2. The van der Waals surface area contributed by atoms with Gasteiger partial charge in [0.15, 0.2) is 0 Å². The Hall–Kier alpha value is -3.37. The van der Waals surface area contributed by atoms with E-state index in [1.165, 1.54) is 5.57 Å². The van der Waals surface area contributed by atoms with Crippen LogP contribution in [0.2, 0.25) is 0 Å². The van der Waals surface area contributed by atoms with Crippen LogP contribution >= 0.6 is 0 Å². The summed E-state index contributed by atoms with van der Waals surface area (Å²) in [4.78, 5) is 14.8. The van der Waals surface area contributed by atoms with Crippen molar-refractivity contribution in [2.45, 2.75) is 6.42 Å². The van der Waals surface area contributed by atoms with Gasteiger partial charge < -0.3 is 10.4 Å². The number of nitrogens with zero attached hydrogens (tertiary/aromatic N) is 1. The summed E-state index contributed by atoms with van der Waals surface area (Å²) in [7, 11) is 0. The largest absolute Gasteiger partial charge is 0.508 e. The SMILES string of the molecule is O=C(CN1CC=C(c2ccc(O)cc2)CC1)Nc1ccccc1-c1ccccc1. The Bertz CT molecular complexity index is 1010. The first kappa shape index (κ1) is 19.0. The van der Waals surface area contributed by atoms with Crippen LogP contribution in [0.5, 0.6) is 5.75 Å². The minimum atomic E-state index is -0.00476. The van der Waals surface area contributed by atoms with Crippen LogP contribution < -0.4 is 5.32 Å². The smallest absolute Gasteiger partial charge is 0.238 e. The van der Waals surface area contributed by atoms with Crippen LogP contribution in [0.25, 0.3) is 16.7 Å². The number of amides is 1. The van der Waals surface area contributed by atoms with Gasteiger partial charge in [-0.05, 0) is 41.3 Å². The molecule has 4 nitrogen and oxygen atoms in total. The van der Waals surface area contributed by atoms with E-state index in [4.69, 9.17) is 0 Å². The minimum Gasteiger partial charge on any atom is -0.508 e. The summed E-state index contributed by atoms with van der Waals surface area (Å²) in [6.07, 6.45) is 3.06. The van der Waals surface area contributed by atoms with Crippen molar-refractivity contribution in [2.75, 3.05) is 25.0 Å². The zero-order chi connectivity index (χ0) is 20.1. The van der Waals surface area contributed by atoms with Gasteiger partial charge in [-0.15, -0.1) is 0 Å². The van der Waals surface area contributed by atoms with E-state index in [9.17, 15) is 9.90 Å². The molecule has 3 aromatic rings. The third-order valence-electron chi connectivity index (χ3n) is 5.18. The van der Waals surface area contributed by atoms with Crippen molar-refractivity contribution >= 4 is 17.2 Å². The standard InChI is InChI=1S/C25H24N2O2/c28-22-12-10-19(11-13-22)20-14-16-27(17-15-20)18-25(29)26-24-9-5-4-8-23(24)21-6-2-1-3-7-21/h1-14,28H,15-18H2,(H,26,29). The predicted octanol–water partition coefficient (Wildman–Crippen LogP) is 4.79. The highest BCUT2D eigenvalue weighted by atomic mass is 16.3. The van der Waals surface area contributed by atoms with Crippen molar-refractivity contribution in [1.29, 1.82) is 0 Å². The lowest BCUT2D eigenvalue weighted by atomic mass is 9.99. The van der Waals surface area contributed by atoms with Crippen LogP contribution in [0.3, 0.4) is 0 Å². The molecule has 3 aromatic carbocycles. The molecule has 146 valence electrons. The molecule has 1 heterocycles. The van der Waals surface area contributed by atoms with Crippen LogP contribution in [-0.4, -0.2) is 35.5 Å². The Kier molecular flexibility index (Phi) is 5.73. The zero-order valence-corrected chi connectivity index (χ0v) is 16.2. The van der Waals surface area contributed by atoms with Crippen molar-refractivity contribution in [3.8, 4) is 16.9 Å². The monoisotopic (exact) mass is 384 g/mol. The van der Waals surface area contributed by atoms with Crippen LogP contribution in [0.15, 0.2) is 84.9 Å². The normalized spacial score (nSPS) is 14.3. The first-order valence-electron chi connectivity index (χ1n) is 9.84. The molecule has 0 unspecified atom stereocenters. The first-order chi connectivity index (χ1) is 14.2. The minimum absolute atomic E-state index is 0.00476. The fraction of sp³-hybridized carbons (Fsp3) is 0.160. The Morgan fingerprint density at radius 2 is 1.62 bits per heavy atom. The zero-order valence-electron chi connectivity index (χ0n) is 16.2. The molecule has 0 atom stereocenters.